The molecule has 2 fully saturated rings. The van der Waals surface area contributed by atoms with Crippen molar-refractivity contribution in [3.63, 3.8) is 0 Å². The zero-order chi connectivity index (χ0) is 15.3. The van der Waals surface area contributed by atoms with E-state index in [1.807, 2.05) is 6.07 Å². The topological polar surface area (TPSA) is 18.5 Å². The molecule has 1 aromatic rings. The maximum Gasteiger partial charge on any atom is 0.129 e. The number of benzene rings is 1. The van der Waals surface area contributed by atoms with Gasteiger partial charge in [-0.1, -0.05) is 35.8 Å². The zero-order valence-electron chi connectivity index (χ0n) is 12.8. The Morgan fingerprint density at radius 2 is 2.19 bits per heavy atom. The maximum absolute atomic E-state index is 13.9. The highest BCUT2D eigenvalue weighted by Gasteiger charge is 2.60. The van der Waals surface area contributed by atoms with Crippen molar-refractivity contribution in [2.75, 3.05) is 0 Å². The lowest BCUT2D eigenvalue weighted by Crippen LogP contribution is -2.38. The van der Waals surface area contributed by atoms with Gasteiger partial charge in [-0.25, -0.2) is 4.39 Å². The van der Waals surface area contributed by atoms with Gasteiger partial charge in [-0.15, -0.1) is 0 Å². The SMILES string of the molecule is CC(C)[C@]12CC[C@](C)(O1)[C@H](OCc1c(F)cccc1Br)C2. The van der Waals surface area contributed by atoms with Gasteiger partial charge in [-0.2, -0.15) is 0 Å². The van der Waals surface area contributed by atoms with E-state index in [0.717, 1.165) is 23.7 Å². The van der Waals surface area contributed by atoms with E-state index in [2.05, 4.69) is 36.7 Å². The van der Waals surface area contributed by atoms with Crippen LogP contribution in [0.3, 0.4) is 0 Å². The van der Waals surface area contributed by atoms with E-state index < -0.39 is 0 Å². The molecule has 0 unspecified atom stereocenters. The summed E-state index contributed by atoms with van der Waals surface area (Å²) in [5.74, 6) is 0.255. The van der Waals surface area contributed by atoms with Gasteiger partial charge in [-0.05, 0) is 37.8 Å². The molecule has 4 heteroatoms. The molecule has 2 saturated heterocycles. The molecule has 1 aromatic carbocycles. The first-order chi connectivity index (χ1) is 9.86. The first kappa shape index (κ1) is 15.4. The number of hydrogen-bond donors (Lipinski definition) is 0. The highest BCUT2D eigenvalue weighted by molar-refractivity contribution is 9.10. The lowest BCUT2D eigenvalue weighted by molar-refractivity contribution is -0.0962. The van der Waals surface area contributed by atoms with E-state index in [1.165, 1.54) is 6.07 Å². The third kappa shape index (κ3) is 2.55. The first-order valence-electron chi connectivity index (χ1n) is 7.61. The van der Waals surface area contributed by atoms with E-state index >= 15 is 0 Å². The van der Waals surface area contributed by atoms with E-state index in [0.29, 0.717) is 11.5 Å². The molecule has 2 aliphatic heterocycles. The Kier molecular flexibility index (Phi) is 3.92. The molecule has 0 saturated carbocycles. The molecule has 2 nitrogen and oxygen atoms in total. The first-order valence-corrected chi connectivity index (χ1v) is 8.40. The molecule has 116 valence electrons. The molecule has 0 amide bonds. The van der Waals surface area contributed by atoms with Crippen molar-refractivity contribution in [1.29, 1.82) is 0 Å². The van der Waals surface area contributed by atoms with Crippen molar-refractivity contribution >= 4 is 15.9 Å². The summed E-state index contributed by atoms with van der Waals surface area (Å²) < 4.78 is 27.0. The van der Waals surface area contributed by atoms with Crippen LogP contribution in [0.5, 0.6) is 0 Å². The fraction of sp³-hybridized carbons (Fsp3) is 0.647. The van der Waals surface area contributed by atoms with Gasteiger partial charge in [0.1, 0.15) is 5.82 Å². The van der Waals surface area contributed by atoms with E-state index in [-0.39, 0.29) is 29.7 Å². The molecule has 2 aliphatic rings. The van der Waals surface area contributed by atoms with Gasteiger partial charge in [0.15, 0.2) is 0 Å². The lowest BCUT2D eigenvalue weighted by atomic mass is 9.75. The predicted molar refractivity (Wildman–Crippen MR) is 83.6 cm³/mol. The average Bonchev–Trinajstić information content (AvgIpc) is 2.90. The number of hydrogen-bond acceptors (Lipinski definition) is 2. The molecular formula is C17H22BrFO2. The molecule has 0 radical (unpaired) electrons. The van der Waals surface area contributed by atoms with Gasteiger partial charge >= 0.3 is 0 Å². The Bertz CT molecular complexity index is 527. The Morgan fingerprint density at radius 3 is 2.81 bits per heavy atom. The van der Waals surface area contributed by atoms with Crippen LogP contribution in [0, 0.1) is 11.7 Å². The van der Waals surface area contributed by atoms with Gasteiger partial charge in [0.05, 0.1) is 23.9 Å². The summed E-state index contributed by atoms with van der Waals surface area (Å²) in [5, 5.41) is 0. The fourth-order valence-corrected chi connectivity index (χ4v) is 4.11. The Labute approximate surface area is 134 Å². The standard InChI is InChI=1S/C17H22BrFO2/c1-11(2)17-8-7-16(3,21-17)15(9-17)20-10-12-13(18)5-4-6-14(12)19/h4-6,11,15H,7-10H2,1-3H3/t15-,16+,17-/m1/s1. The second kappa shape index (κ2) is 5.32. The summed E-state index contributed by atoms with van der Waals surface area (Å²) in [6, 6.07) is 5.01. The smallest absolute Gasteiger partial charge is 0.129 e. The second-order valence-electron chi connectivity index (χ2n) is 6.84. The van der Waals surface area contributed by atoms with Gasteiger partial charge in [0.2, 0.25) is 0 Å². The van der Waals surface area contributed by atoms with Crippen molar-refractivity contribution in [3.8, 4) is 0 Å². The average molecular weight is 357 g/mol. The van der Waals surface area contributed by atoms with Gasteiger partial charge < -0.3 is 9.47 Å². The Balaban J connectivity index is 1.73. The largest absolute Gasteiger partial charge is 0.370 e. The summed E-state index contributed by atoms with van der Waals surface area (Å²) in [7, 11) is 0. The minimum absolute atomic E-state index is 0.0418. The van der Waals surface area contributed by atoms with Crippen LogP contribution in [0.1, 0.15) is 45.6 Å². The zero-order valence-corrected chi connectivity index (χ0v) is 14.4. The van der Waals surface area contributed by atoms with Crippen LogP contribution >= 0.6 is 15.9 Å². The third-order valence-electron chi connectivity index (χ3n) is 5.24. The normalized spacial score (nSPS) is 34.9. The van der Waals surface area contributed by atoms with Gasteiger partial charge in [-0.3, -0.25) is 0 Å². The van der Waals surface area contributed by atoms with Crippen LogP contribution in [0.15, 0.2) is 22.7 Å². The fourth-order valence-electron chi connectivity index (χ4n) is 3.66. The van der Waals surface area contributed by atoms with Crippen LogP contribution in [-0.4, -0.2) is 17.3 Å². The molecule has 21 heavy (non-hydrogen) atoms. The lowest BCUT2D eigenvalue weighted by Gasteiger charge is -2.31. The van der Waals surface area contributed by atoms with Crippen LogP contribution in [-0.2, 0) is 16.1 Å². The van der Waals surface area contributed by atoms with Crippen molar-refractivity contribution in [1.82, 2.24) is 0 Å². The number of fused-ring (bicyclic) bond motifs is 2. The van der Waals surface area contributed by atoms with Crippen LogP contribution in [0.25, 0.3) is 0 Å². The molecular weight excluding hydrogens is 335 g/mol. The third-order valence-corrected chi connectivity index (χ3v) is 5.98. The monoisotopic (exact) mass is 356 g/mol. The van der Waals surface area contributed by atoms with Crippen molar-refractivity contribution in [3.05, 3.63) is 34.1 Å². The van der Waals surface area contributed by atoms with Crippen molar-refractivity contribution < 1.29 is 13.9 Å². The van der Waals surface area contributed by atoms with Crippen molar-refractivity contribution in [2.45, 2.75) is 63.9 Å². The number of halogens is 2. The second-order valence-corrected chi connectivity index (χ2v) is 7.69. The van der Waals surface area contributed by atoms with Crippen LogP contribution in [0.2, 0.25) is 0 Å². The van der Waals surface area contributed by atoms with Crippen LogP contribution < -0.4 is 0 Å². The van der Waals surface area contributed by atoms with E-state index in [1.54, 1.807) is 6.07 Å². The summed E-state index contributed by atoms with van der Waals surface area (Å²) >= 11 is 3.39. The minimum Gasteiger partial charge on any atom is -0.370 e. The van der Waals surface area contributed by atoms with Crippen LogP contribution in [0.4, 0.5) is 4.39 Å². The highest BCUT2D eigenvalue weighted by Crippen LogP contribution is 2.55. The molecule has 0 aromatic heterocycles. The molecule has 0 spiro atoms. The minimum atomic E-state index is -0.225. The Hall–Kier alpha value is -0.450. The number of ether oxygens (including phenoxy) is 2. The molecule has 0 aliphatic carbocycles. The quantitative estimate of drug-likeness (QED) is 0.768. The van der Waals surface area contributed by atoms with Gasteiger partial charge in [0.25, 0.3) is 0 Å². The highest BCUT2D eigenvalue weighted by atomic mass is 79.9. The molecule has 2 bridgehead atoms. The Morgan fingerprint density at radius 1 is 1.43 bits per heavy atom. The van der Waals surface area contributed by atoms with Gasteiger partial charge in [0, 0.05) is 16.5 Å². The van der Waals surface area contributed by atoms with E-state index in [4.69, 9.17) is 9.47 Å². The molecule has 2 heterocycles. The summed E-state index contributed by atoms with van der Waals surface area (Å²) in [6.45, 7) is 6.83. The molecule has 0 N–H and O–H groups in total. The maximum atomic E-state index is 13.9. The summed E-state index contributed by atoms with van der Waals surface area (Å²) in [6.07, 6.45) is 3.08. The molecule has 3 atom stereocenters. The van der Waals surface area contributed by atoms with E-state index in [9.17, 15) is 4.39 Å². The summed E-state index contributed by atoms with van der Waals surface area (Å²) in [5.41, 5.74) is 0.316. The predicted octanol–water partition coefficient (Wildman–Crippen LogP) is 4.84. The number of rotatable bonds is 4. The van der Waals surface area contributed by atoms with Crippen molar-refractivity contribution in [2.24, 2.45) is 5.92 Å². The summed E-state index contributed by atoms with van der Waals surface area (Å²) in [4.78, 5) is 0. The molecule has 3 rings (SSSR count).